The van der Waals surface area contributed by atoms with Crippen molar-refractivity contribution in [3.63, 3.8) is 0 Å². The maximum atomic E-state index is 12.2. The summed E-state index contributed by atoms with van der Waals surface area (Å²) in [5.41, 5.74) is 0.168. The highest BCUT2D eigenvalue weighted by Crippen LogP contribution is 2.36. The van der Waals surface area contributed by atoms with Crippen LogP contribution in [0.15, 0.2) is 16.6 Å². The number of amides is 3. The van der Waals surface area contributed by atoms with Crippen molar-refractivity contribution in [1.29, 1.82) is 0 Å². The molecule has 0 aliphatic carbocycles. The first-order chi connectivity index (χ1) is 11.3. The number of ether oxygens (including phenoxy) is 3. The van der Waals surface area contributed by atoms with E-state index >= 15 is 0 Å². The average molecular weight is 403 g/mol. The molecule has 0 spiro atoms. The molecule has 3 amide bonds. The molecular formula is C15H19BrN2O6. The van der Waals surface area contributed by atoms with E-state index in [4.69, 9.17) is 14.2 Å². The van der Waals surface area contributed by atoms with Gasteiger partial charge in [-0.1, -0.05) is 0 Å². The highest BCUT2D eigenvalue weighted by Gasteiger charge is 2.22. The Morgan fingerprint density at radius 3 is 2.50 bits per heavy atom. The van der Waals surface area contributed by atoms with Crippen LogP contribution in [-0.2, 0) is 9.53 Å². The van der Waals surface area contributed by atoms with E-state index in [2.05, 4.69) is 21.2 Å². The second-order valence-corrected chi connectivity index (χ2v) is 5.39. The van der Waals surface area contributed by atoms with Crippen LogP contribution in [0.25, 0.3) is 0 Å². The van der Waals surface area contributed by atoms with Crippen LogP contribution in [0.3, 0.4) is 0 Å². The fraction of sp³-hybridized carbons (Fsp3) is 0.400. The third kappa shape index (κ3) is 5.12. The summed E-state index contributed by atoms with van der Waals surface area (Å²) in [7, 11) is 2.81. The number of esters is 1. The zero-order valence-corrected chi connectivity index (χ0v) is 15.4. The maximum Gasteiger partial charge on any atom is 0.339 e. The van der Waals surface area contributed by atoms with Crippen molar-refractivity contribution >= 4 is 33.8 Å². The highest BCUT2D eigenvalue weighted by molar-refractivity contribution is 9.10. The van der Waals surface area contributed by atoms with Crippen LogP contribution in [0.2, 0.25) is 0 Å². The van der Waals surface area contributed by atoms with E-state index < -0.39 is 24.0 Å². The van der Waals surface area contributed by atoms with Crippen molar-refractivity contribution in [1.82, 2.24) is 10.6 Å². The number of imide groups is 1. The van der Waals surface area contributed by atoms with Crippen LogP contribution in [0.4, 0.5) is 4.79 Å². The van der Waals surface area contributed by atoms with E-state index in [0.717, 1.165) is 0 Å². The molecule has 8 nitrogen and oxygen atoms in total. The van der Waals surface area contributed by atoms with Crippen LogP contribution in [-0.4, -0.2) is 44.8 Å². The average Bonchev–Trinajstić information content (AvgIpc) is 2.55. The lowest BCUT2D eigenvalue weighted by Gasteiger charge is -2.15. The number of carbonyl (C=O) groups excluding carboxylic acids is 3. The zero-order chi connectivity index (χ0) is 18.3. The third-order valence-corrected chi connectivity index (χ3v) is 3.46. The number of nitrogens with one attached hydrogen (secondary N) is 2. The van der Waals surface area contributed by atoms with Gasteiger partial charge in [-0.2, -0.15) is 0 Å². The summed E-state index contributed by atoms with van der Waals surface area (Å²) in [5, 5.41) is 4.25. The summed E-state index contributed by atoms with van der Waals surface area (Å²) >= 11 is 3.30. The molecule has 0 saturated carbocycles. The topological polar surface area (TPSA) is 103 Å². The minimum Gasteiger partial charge on any atom is -0.493 e. The van der Waals surface area contributed by atoms with E-state index in [0.29, 0.717) is 22.6 Å². The molecule has 0 aliphatic rings. The molecule has 0 fully saturated rings. The monoisotopic (exact) mass is 402 g/mol. The number of hydrogen-bond donors (Lipinski definition) is 2. The van der Waals surface area contributed by atoms with E-state index in [1.54, 1.807) is 0 Å². The van der Waals surface area contributed by atoms with Crippen LogP contribution in [0.5, 0.6) is 11.5 Å². The van der Waals surface area contributed by atoms with Gasteiger partial charge in [0, 0.05) is 7.05 Å². The molecule has 9 heteroatoms. The molecule has 24 heavy (non-hydrogen) atoms. The van der Waals surface area contributed by atoms with Crippen LogP contribution in [0, 0.1) is 0 Å². The van der Waals surface area contributed by atoms with Gasteiger partial charge in [0.15, 0.2) is 17.6 Å². The highest BCUT2D eigenvalue weighted by atomic mass is 79.9. The lowest BCUT2D eigenvalue weighted by atomic mass is 10.2. The predicted molar refractivity (Wildman–Crippen MR) is 89.3 cm³/mol. The van der Waals surface area contributed by atoms with Crippen LogP contribution in [0.1, 0.15) is 24.2 Å². The molecule has 132 valence electrons. The number of benzene rings is 1. The summed E-state index contributed by atoms with van der Waals surface area (Å²) in [6.07, 6.45) is -1.15. The molecule has 2 N–H and O–H groups in total. The third-order valence-electron chi connectivity index (χ3n) is 2.87. The van der Waals surface area contributed by atoms with Crippen molar-refractivity contribution in [3.8, 4) is 11.5 Å². The summed E-state index contributed by atoms with van der Waals surface area (Å²) in [5.74, 6) is -0.668. The summed E-state index contributed by atoms with van der Waals surface area (Å²) in [6.45, 7) is 3.60. The lowest BCUT2D eigenvalue weighted by molar-refractivity contribution is -0.127. The first-order valence-electron chi connectivity index (χ1n) is 7.07. The van der Waals surface area contributed by atoms with Crippen molar-refractivity contribution in [2.45, 2.75) is 20.0 Å². The Morgan fingerprint density at radius 2 is 1.96 bits per heavy atom. The molecule has 1 aromatic rings. The van der Waals surface area contributed by atoms with E-state index in [1.165, 1.54) is 33.2 Å². The molecule has 0 radical (unpaired) electrons. The zero-order valence-electron chi connectivity index (χ0n) is 13.8. The number of rotatable bonds is 6. The molecule has 1 atom stereocenters. The quantitative estimate of drug-likeness (QED) is 0.703. The largest absolute Gasteiger partial charge is 0.493 e. The van der Waals surface area contributed by atoms with Crippen molar-refractivity contribution in [2.24, 2.45) is 0 Å². The van der Waals surface area contributed by atoms with E-state index in [-0.39, 0.29) is 5.56 Å². The van der Waals surface area contributed by atoms with Gasteiger partial charge in [-0.05, 0) is 41.9 Å². The Bertz CT molecular complexity index is 635. The van der Waals surface area contributed by atoms with Gasteiger partial charge in [0.2, 0.25) is 0 Å². The van der Waals surface area contributed by atoms with Gasteiger partial charge >= 0.3 is 12.0 Å². The molecule has 0 heterocycles. The van der Waals surface area contributed by atoms with Gasteiger partial charge in [0.25, 0.3) is 5.91 Å². The standard InChI is InChI=1S/C15H19BrN2O6/c1-5-23-12-10(16)6-9(7-11(12)22-4)14(20)24-8(2)13(19)18-15(21)17-3/h6-8H,5H2,1-4H3,(H2,17,18,19,21)/t8-/m1/s1. The molecular weight excluding hydrogens is 384 g/mol. The Morgan fingerprint density at radius 1 is 1.29 bits per heavy atom. The Balaban J connectivity index is 2.90. The van der Waals surface area contributed by atoms with Crippen LogP contribution >= 0.6 is 15.9 Å². The summed E-state index contributed by atoms with van der Waals surface area (Å²) < 4.78 is 16.2. The van der Waals surface area contributed by atoms with Gasteiger partial charge in [0.1, 0.15) is 0 Å². The smallest absolute Gasteiger partial charge is 0.339 e. The van der Waals surface area contributed by atoms with Crippen LogP contribution < -0.4 is 20.1 Å². The number of urea groups is 1. The first kappa shape index (κ1) is 19.8. The number of carbonyl (C=O) groups is 3. The molecule has 0 unspecified atom stereocenters. The summed E-state index contributed by atoms with van der Waals surface area (Å²) in [6, 6.07) is 2.26. The van der Waals surface area contributed by atoms with E-state index in [9.17, 15) is 14.4 Å². The van der Waals surface area contributed by atoms with Crippen molar-refractivity contribution < 1.29 is 28.6 Å². The van der Waals surface area contributed by atoms with Gasteiger partial charge in [-0.15, -0.1) is 0 Å². The predicted octanol–water partition coefficient (Wildman–Crippen LogP) is 1.86. The van der Waals surface area contributed by atoms with Crippen molar-refractivity contribution in [3.05, 3.63) is 22.2 Å². The normalized spacial score (nSPS) is 11.2. The first-order valence-corrected chi connectivity index (χ1v) is 7.87. The molecule has 0 bridgehead atoms. The Labute approximate surface area is 148 Å². The number of methoxy groups -OCH3 is 1. The minimum absolute atomic E-state index is 0.168. The molecule has 0 aliphatic heterocycles. The maximum absolute atomic E-state index is 12.2. The fourth-order valence-corrected chi connectivity index (χ4v) is 2.24. The molecule has 0 aromatic heterocycles. The molecule has 0 saturated heterocycles. The molecule has 1 rings (SSSR count). The van der Waals surface area contributed by atoms with Gasteiger partial charge in [-0.25, -0.2) is 9.59 Å². The second kappa shape index (κ2) is 9.11. The Hall–Kier alpha value is -2.29. The Kier molecular flexibility index (Phi) is 7.50. The van der Waals surface area contributed by atoms with Gasteiger partial charge in [0.05, 0.1) is 23.8 Å². The fourth-order valence-electron chi connectivity index (χ4n) is 1.68. The van der Waals surface area contributed by atoms with Gasteiger partial charge < -0.3 is 19.5 Å². The number of hydrogen-bond acceptors (Lipinski definition) is 6. The summed E-state index contributed by atoms with van der Waals surface area (Å²) in [4.78, 5) is 35.0. The van der Waals surface area contributed by atoms with Gasteiger partial charge in [-0.3, -0.25) is 10.1 Å². The SMILES string of the molecule is CCOc1c(Br)cc(C(=O)O[C@H](C)C(=O)NC(=O)NC)cc1OC. The van der Waals surface area contributed by atoms with E-state index in [1.807, 2.05) is 12.2 Å². The van der Waals surface area contributed by atoms with Crippen molar-refractivity contribution in [2.75, 3.05) is 20.8 Å². The lowest BCUT2D eigenvalue weighted by Crippen LogP contribution is -2.43. The number of halogens is 1. The minimum atomic E-state index is -1.15. The molecule has 1 aromatic carbocycles. The second-order valence-electron chi connectivity index (χ2n) is 4.54.